The van der Waals surface area contributed by atoms with Crippen LogP contribution in [0.3, 0.4) is 0 Å². The van der Waals surface area contributed by atoms with Crippen LogP contribution in [0.4, 0.5) is 14.3 Å². The number of likely N-dealkylation sites (N-methyl/N-ethyl adjacent to an activating group) is 1. The fourth-order valence-electron chi connectivity index (χ4n) is 2.70. The van der Waals surface area contributed by atoms with E-state index in [1.54, 1.807) is 26.1 Å². The van der Waals surface area contributed by atoms with E-state index in [2.05, 4.69) is 10.3 Å². The van der Waals surface area contributed by atoms with E-state index < -0.39 is 6.10 Å². The molecule has 1 heterocycles. The first-order valence-electron chi connectivity index (χ1n) is 8.37. The highest BCUT2D eigenvalue weighted by molar-refractivity contribution is 7.15. The third kappa shape index (κ3) is 4.55. The monoisotopic (exact) mass is 363 g/mol. The molecule has 2 aromatic rings. The Hall–Kier alpha value is -1.99. The zero-order chi connectivity index (χ0) is 18.0. The van der Waals surface area contributed by atoms with Gasteiger partial charge in [-0.3, -0.25) is 5.32 Å². The van der Waals surface area contributed by atoms with Crippen molar-refractivity contribution in [3.63, 3.8) is 0 Å². The molecule has 0 saturated heterocycles. The van der Waals surface area contributed by atoms with Gasteiger partial charge in [-0.15, -0.1) is 11.3 Å². The summed E-state index contributed by atoms with van der Waals surface area (Å²) in [6.07, 6.45) is 2.06. The number of aliphatic hydroxyl groups excluding tert-OH is 1. The van der Waals surface area contributed by atoms with E-state index in [1.807, 2.05) is 6.07 Å². The van der Waals surface area contributed by atoms with Crippen LogP contribution >= 0.6 is 11.3 Å². The first-order chi connectivity index (χ1) is 11.9. The van der Waals surface area contributed by atoms with Crippen molar-refractivity contribution >= 4 is 22.5 Å². The lowest BCUT2D eigenvalue weighted by atomic mass is 10.1. The molecule has 1 aromatic carbocycles. The number of halogens is 1. The van der Waals surface area contributed by atoms with Crippen LogP contribution in [-0.4, -0.2) is 40.7 Å². The van der Waals surface area contributed by atoms with Crippen LogP contribution < -0.4 is 5.32 Å². The molecule has 5 nitrogen and oxygen atoms in total. The van der Waals surface area contributed by atoms with Crippen molar-refractivity contribution in [2.75, 3.05) is 18.9 Å². The number of carbonyl (C=O) groups is 1. The van der Waals surface area contributed by atoms with Gasteiger partial charge in [-0.05, 0) is 31.4 Å². The molecule has 0 spiro atoms. The van der Waals surface area contributed by atoms with E-state index in [-0.39, 0.29) is 18.4 Å². The number of hydrogen-bond donors (Lipinski definition) is 2. The van der Waals surface area contributed by atoms with Gasteiger partial charge in [-0.25, -0.2) is 14.2 Å². The zero-order valence-corrected chi connectivity index (χ0v) is 15.1. The van der Waals surface area contributed by atoms with E-state index in [1.165, 1.54) is 22.3 Å². The van der Waals surface area contributed by atoms with Gasteiger partial charge in [-0.2, -0.15) is 0 Å². The van der Waals surface area contributed by atoms with E-state index in [0.29, 0.717) is 23.0 Å². The Morgan fingerprint density at radius 1 is 1.48 bits per heavy atom. The summed E-state index contributed by atoms with van der Waals surface area (Å²) in [6, 6.07) is 6.43. The van der Waals surface area contributed by atoms with Gasteiger partial charge in [0.2, 0.25) is 0 Å². The Bertz CT molecular complexity index is 759. The van der Waals surface area contributed by atoms with Crippen molar-refractivity contribution in [3.8, 4) is 0 Å². The molecule has 1 fully saturated rings. The minimum Gasteiger partial charge on any atom is -0.392 e. The highest BCUT2D eigenvalue weighted by Gasteiger charge is 2.30. The number of carbonyl (C=O) groups excluding carboxylic acids is 1. The van der Waals surface area contributed by atoms with Crippen LogP contribution in [0.15, 0.2) is 24.3 Å². The summed E-state index contributed by atoms with van der Waals surface area (Å²) in [4.78, 5) is 19.2. The molecule has 1 aliphatic rings. The molecule has 0 bridgehead atoms. The Morgan fingerprint density at radius 3 is 2.84 bits per heavy atom. The number of urea groups is 1. The van der Waals surface area contributed by atoms with Gasteiger partial charge >= 0.3 is 6.03 Å². The number of aliphatic hydroxyl groups is 1. The van der Waals surface area contributed by atoms with Gasteiger partial charge in [0, 0.05) is 30.8 Å². The number of anilines is 1. The number of rotatable bonds is 6. The molecular formula is C18H22FN3O2S. The van der Waals surface area contributed by atoms with E-state index >= 15 is 0 Å². The van der Waals surface area contributed by atoms with E-state index in [0.717, 1.165) is 23.4 Å². The number of nitrogens with zero attached hydrogens (tertiary/aromatic N) is 2. The van der Waals surface area contributed by atoms with Gasteiger partial charge in [0.1, 0.15) is 5.82 Å². The van der Waals surface area contributed by atoms with Crippen LogP contribution in [0, 0.1) is 5.82 Å². The molecule has 0 radical (unpaired) electrons. The number of benzene rings is 1. The molecule has 134 valence electrons. The quantitative estimate of drug-likeness (QED) is 0.824. The molecule has 7 heteroatoms. The Morgan fingerprint density at radius 2 is 2.20 bits per heavy atom. The summed E-state index contributed by atoms with van der Waals surface area (Å²) in [5, 5.41) is 12.7. The second kappa shape index (κ2) is 7.49. The van der Waals surface area contributed by atoms with Crippen molar-refractivity contribution in [2.45, 2.75) is 38.2 Å². The highest BCUT2D eigenvalue weighted by atomic mass is 32.1. The summed E-state index contributed by atoms with van der Waals surface area (Å²) >= 11 is 1.40. The molecule has 1 atom stereocenters. The third-order valence-corrected chi connectivity index (χ3v) is 5.09. The molecule has 1 aliphatic carbocycles. The fraction of sp³-hybridized carbons (Fsp3) is 0.444. The second-order valence-electron chi connectivity index (χ2n) is 6.53. The van der Waals surface area contributed by atoms with Crippen molar-refractivity contribution < 1.29 is 14.3 Å². The fourth-order valence-corrected chi connectivity index (χ4v) is 3.76. The molecule has 2 amide bonds. The average molecular weight is 363 g/mol. The maximum absolute atomic E-state index is 14.0. The van der Waals surface area contributed by atoms with Crippen molar-refractivity contribution in [1.29, 1.82) is 0 Å². The lowest BCUT2D eigenvalue weighted by molar-refractivity contribution is 0.149. The Labute approximate surface area is 150 Å². The smallest absolute Gasteiger partial charge is 0.323 e. The molecule has 1 saturated carbocycles. The topological polar surface area (TPSA) is 65.5 Å². The van der Waals surface area contributed by atoms with Crippen LogP contribution in [-0.2, 0) is 6.42 Å². The van der Waals surface area contributed by atoms with Gasteiger partial charge in [0.05, 0.1) is 11.8 Å². The summed E-state index contributed by atoms with van der Waals surface area (Å²) < 4.78 is 14.0. The number of amides is 2. The largest absolute Gasteiger partial charge is 0.392 e. The summed E-state index contributed by atoms with van der Waals surface area (Å²) in [7, 11) is 1.62. The van der Waals surface area contributed by atoms with Gasteiger partial charge in [0.15, 0.2) is 5.13 Å². The maximum Gasteiger partial charge on any atom is 0.323 e. The molecular weight excluding hydrogens is 341 g/mol. The predicted molar refractivity (Wildman–Crippen MR) is 96.6 cm³/mol. The SMILES string of the molecule is CC(O)CN(C)C(=O)Nc1nc(C2CC2)c(Cc2ccccc2F)s1. The lowest BCUT2D eigenvalue weighted by Crippen LogP contribution is -2.36. The average Bonchev–Trinajstić information content (AvgIpc) is 3.32. The normalized spacial score (nSPS) is 15.0. The molecule has 3 rings (SSSR count). The number of aromatic nitrogens is 1. The molecule has 25 heavy (non-hydrogen) atoms. The highest BCUT2D eigenvalue weighted by Crippen LogP contribution is 2.44. The van der Waals surface area contributed by atoms with Crippen LogP contribution in [0.2, 0.25) is 0 Å². The van der Waals surface area contributed by atoms with E-state index in [9.17, 15) is 14.3 Å². The van der Waals surface area contributed by atoms with Crippen LogP contribution in [0.1, 0.15) is 41.8 Å². The zero-order valence-electron chi connectivity index (χ0n) is 14.3. The molecule has 2 N–H and O–H groups in total. The first kappa shape index (κ1) is 17.8. The van der Waals surface area contributed by atoms with Gasteiger partial charge in [0.25, 0.3) is 0 Å². The minimum absolute atomic E-state index is 0.222. The lowest BCUT2D eigenvalue weighted by Gasteiger charge is -2.18. The molecule has 1 aromatic heterocycles. The van der Waals surface area contributed by atoms with Crippen LogP contribution in [0.5, 0.6) is 0 Å². The summed E-state index contributed by atoms with van der Waals surface area (Å²) in [5.41, 5.74) is 1.61. The summed E-state index contributed by atoms with van der Waals surface area (Å²) in [6.45, 7) is 1.87. The van der Waals surface area contributed by atoms with Gasteiger partial charge in [-0.1, -0.05) is 18.2 Å². The first-order valence-corrected chi connectivity index (χ1v) is 9.19. The van der Waals surface area contributed by atoms with Crippen molar-refractivity contribution in [3.05, 3.63) is 46.2 Å². The van der Waals surface area contributed by atoms with Crippen LogP contribution in [0.25, 0.3) is 0 Å². The summed E-state index contributed by atoms with van der Waals surface area (Å²) in [5.74, 6) is 0.193. The third-order valence-electron chi connectivity index (χ3n) is 4.10. The number of thiazole rings is 1. The Kier molecular flexibility index (Phi) is 5.34. The van der Waals surface area contributed by atoms with Crippen molar-refractivity contribution in [1.82, 2.24) is 9.88 Å². The van der Waals surface area contributed by atoms with Crippen molar-refractivity contribution in [2.24, 2.45) is 0 Å². The Balaban J connectivity index is 1.76. The molecule has 1 unspecified atom stereocenters. The number of hydrogen-bond acceptors (Lipinski definition) is 4. The number of nitrogens with one attached hydrogen (secondary N) is 1. The maximum atomic E-state index is 14.0. The predicted octanol–water partition coefficient (Wildman–Crippen LogP) is 3.59. The van der Waals surface area contributed by atoms with Gasteiger partial charge < -0.3 is 10.0 Å². The molecule has 0 aliphatic heterocycles. The standard InChI is InChI=1S/C18H22FN3O2S/c1-11(23)10-22(2)18(24)21-17-20-16(12-7-8-12)15(25-17)9-13-5-3-4-6-14(13)19/h3-6,11-12,23H,7-10H2,1-2H3,(H,20,21,24). The second-order valence-corrected chi connectivity index (χ2v) is 7.61. The minimum atomic E-state index is -0.592. The van der Waals surface area contributed by atoms with E-state index in [4.69, 9.17) is 0 Å².